The van der Waals surface area contributed by atoms with Crippen LogP contribution in [0.4, 0.5) is 0 Å². The van der Waals surface area contributed by atoms with E-state index in [-0.39, 0.29) is 19.3 Å². The van der Waals surface area contributed by atoms with Crippen molar-refractivity contribution in [3.8, 4) is 0 Å². The Hall–Kier alpha value is -1.92. The summed E-state index contributed by atoms with van der Waals surface area (Å²) >= 11 is 0. The average molecular weight is 262 g/mol. The number of oxazole rings is 1. The van der Waals surface area contributed by atoms with E-state index in [1.807, 2.05) is 18.2 Å². The van der Waals surface area contributed by atoms with E-state index in [1.54, 1.807) is 7.05 Å². The zero-order chi connectivity index (χ0) is 13.5. The second kappa shape index (κ2) is 4.32. The van der Waals surface area contributed by atoms with Crippen molar-refractivity contribution in [3.63, 3.8) is 0 Å². The summed E-state index contributed by atoms with van der Waals surface area (Å²) in [6.07, 6.45) is 1.38. The number of ether oxygens (including phenoxy) is 1. The molecule has 0 bridgehead atoms. The van der Waals surface area contributed by atoms with Gasteiger partial charge in [0.25, 0.3) is 0 Å². The molecular formula is C13H14N2O4. The van der Waals surface area contributed by atoms with E-state index in [9.17, 15) is 9.90 Å². The van der Waals surface area contributed by atoms with Crippen LogP contribution in [0.1, 0.15) is 11.6 Å². The smallest absolute Gasteiger partial charge is 0.316 e. The van der Waals surface area contributed by atoms with Gasteiger partial charge in [-0.25, -0.2) is 4.98 Å². The lowest BCUT2D eigenvalue weighted by atomic mass is 9.75. The summed E-state index contributed by atoms with van der Waals surface area (Å²) in [5, 5.41) is 12.5. The van der Waals surface area contributed by atoms with Gasteiger partial charge in [0.15, 0.2) is 12.0 Å². The number of carboxylic acids is 1. The number of rotatable bonds is 4. The topological polar surface area (TPSA) is 84.6 Å². The molecule has 0 radical (unpaired) electrons. The largest absolute Gasteiger partial charge is 0.481 e. The number of carbonyl (C=O) groups is 1. The quantitative estimate of drug-likeness (QED) is 0.861. The van der Waals surface area contributed by atoms with Crippen LogP contribution in [0.2, 0.25) is 0 Å². The number of hydrogen-bond acceptors (Lipinski definition) is 5. The van der Waals surface area contributed by atoms with E-state index in [0.29, 0.717) is 5.58 Å². The Kier molecular flexibility index (Phi) is 2.76. The molecule has 1 unspecified atom stereocenters. The van der Waals surface area contributed by atoms with Gasteiger partial charge in [-0.2, -0.15) is 0 Å². The van der Waals surface area contributed by atoms with Gasteiger partial charge in [-0.15, -0.1) is 0 Å². The van der Waals surface area contributed by atoms with Crippen LogP contribution in [0.3, 0.4) is 0 Å². The molecule has 100 valence electrons. The number of benzene rings is 1. The Morgan fingerprint density at radius 3 is 2.89 bits per heavy atom. The van der Waals surface area contributed by atoms with Crippen molar-refractivity contribution in [1.82, 2.24) is 10.3 Å². The number of nitrogens with zero attached hydrogens (tertiary/aromatic N) is 1. The Labute approximate surface area is 109 Å². The van der Waals surface area contributed by atoms with Crippen LogP contribution in [0.15, 0.2) is 29.0 Å². The second-order valence-electron chi connectivity index (χ2n) is 4.76. The van der Waals surface area contributed by atoms with Crippen molar-refractivity contribution < 1.29 is 19.1 Å². The molecule has 0 amide bonds. The minimum Gasteiger partial charge on any atom is -0.481 e. The first-order valence-corrected chi connectivity index (χ1v) is 5.99. The summed E-state index contributed by atoms with van der Waals surface area (Å²) in [6, 6.07) is 5.20. The third kappa shape index (κ3) is 1.72. The molecule has 2 aromatic rings. The number of fused-ring (bicyclic) bond motifs is 1. The summed E-state index contributed by atoms with van der Waals surface area (Å²) in [5.41, 5.74) is 1.35. The molecule has 3 rings (SSSR count). The average Bonchev–Trinajstić information content (AvgIpc) is 2.79. The summed E-state index contributed by atoms with van der Waals surface area (Å²) in [7, 11) is 1.75. The summed E-state index contributed by atoms with van der Waals surface area (Å²) in [5.74, 6) is -0.851. The molecule has 6 heteroatoms. The van der Waals surface area contributed by atoms with Gasteiger partial charge in [0.05, 0.1) is 19.3 Å². The molecule has 1 aromatic heterocycles. The van der Waals surface area contributed by atoms with Crippen molar-refractivity contribution >= 4 is 17.1 Å². The Balaban J connectivity index is 2.03. The number of nitrogens with one attached hydrogen (secondary N) is 1. The van der Waals surface area contributed by atoms with Gasteiger partial charge >= 0.3 is 5.97 Å². The van der Waals surface area contributed by atoms with Gasteiger partial charge in [0.2, 0.25) is 0 Å². The molecule has 0 spiro atoms. The fourth-order valence-corrected chi connectivity index (χ4v) is 2.55. The van der Waals surface area contributed by atoms with E-state index in [4.69, 9.17) is 9.15 Å². The summed E-state index contributed by atoms with van der Waals surface area (Å²) in [4.78, 5) is 15.6. The summed E-state index contributed by atoms with van der Waals surface area (Å²) in [6.45, 7) is 0.421. The van der Waals surface area contributed by atoms with Crippen molar-refractivity contribution in [1.29, 1.82) is 0 Å². The number of aliphatic carboxylic acids is 1. The van der Waals surface area contributed by atoms with E-state index in [2.05, 4.69) is 10.3 Å². The first kappa shape index (κ1) is 12.1. The predicted octanol–water partition coefficient (Wildman–Crippen LogP) is 1.19. The highest BCUT2D eigenvalue weighted by Gasteiger charge is 2.52. The van der Waals surface area contributed by atoms with E-state index in [0.717, 1.165) is 11.1 Å². The number of hydrogen-bond donors (Lipinski definition) is 2. The Morgan fingerprint density at radius 2 is 2.32 bits per heavy atom. The lowest BCUT2D eigenvalue weighted by Gasteiger charge is -2.43. The molecular weight excluding hydrogens is 248 g/mol. The number of carboxylic acid groups (broad SMARTS) is 1. The van der Waals surface area contributed by atoms with Crippen molar-refractivity contribution in [2.45, 2.75) is 6.04 Å². The third-order valence-corrected chi connectivity index (χ3v) is 3.68. The van der Waals surface area contributed by atoms with Crippen LogP contribution in [0.5, 0.6) is 0 Å². The first-order chi connectivity index (χ1) is 9.17. The molecule has 1 fully saturated rings. The first-order valence-electron chi connectivity index (χ1n) is 5.99. The van der Waals surface area contributed by atoms with Crippen molar-refractivity contribution in [3.05, 3.63) is 30.2 Å². The highest BCUT2D eigenvalue weighted by Crippen LogP contribution is 2.41. The highest BCUT2D eigenvalue weighted by molar-refractivity contribution is 5.78. The lowest BCUT2D eigenvalue weighted by Crippen LogP contribution is -2.56. The molecule has 2 heterocycles. The van der Waals surface area contributed by atoms with Gasteiger partial charge in [0.1, 0.15) is 10.9 Å². The third-order valence-electron chi connectivity index (χ3n) is 3.68. The van der Waals surface area contributed by atoms with Crippen molar-refractivity contribution in [2.75, 3.05) is 20.3 Å². The van der Waals surface area contributed by atoms with Crippen LogP contribution in [0, 0.1) is 5.41 Å². The maximum atomic E-state index is 11.5. The minimum atomic E-state index is -0.914. The number of aromatic nitrogens is 1. The lowest BCUT2D eigenvalue weighted by molar-refractivity contribution is -0.186. The fraction of sp³-hybridized carbons (Fsp3) is 0.385. The maximum absolute atomic E-state index is 11.5. The zero-order valence-corrected chi connectivity index (χ0v) is 10.4. The van der Waals surface area contributed by atoms with E-state index in [1.165, 1.54) is 6.39 Å². The summed E-state index contributed by atoms with van der Waals surface area (Å²) < 4.78 is 10.4. The second-order valence-corrected chi connectivity index (χ2v) is 4.76. The molecule has 1 saturated heterocycles. The molecule has 1 aromatic carbocycles. The maximum Gasteiger partial charge on any atom is 0.316 e. The van der Waals surface area contributed by atoms with Crippen LogP contribution in [0.25, 0.3) is 11.1 Å². The predicted molar refractivity (Wildman–Crippen MR) is 66.7 cm³/mol. The molecule has 19 heavy (non-hydrogen) atoms. The monoisotopic (exact) mass is 262 g/mol. The molecule has 0 aliphatic carbocycles. The van der Waals surface area contributed by atoms with Gasteiger partial charge in [-0.05, 0) is 24.7 Å². The van der Waals surface area contributed by atoms with Gasteiger partial charge in [0, 0.05) is 0 Å². The van der Waals surface area contributed by atoms with Gasteiger partial charge in [-0.1, -0.05) is 6.07 Å². The molecule has 1 aliphatic rings. The zero-order valence-electron chi connectivity index (χ0n) is 10.4. The van der Waals surface area contributed by atoms with Crippen LogP contribution in [-0.2, 0) is 9.53 Å². The normalized spacial score (nSPS) is 19.0. The van der Waals surface area contributed by atoms with Gasteiger partial charge in [-0.3, -0.25) is 4.79 Å². The van der Waals surface area contributed by atoms with Crippen LogP contribution in [-0.4, -0.2) is 36.3 Å². The van der Waals surface area contributed by atoms with E-state index < -0.39 is 11.4 Å². The SMILES string of the molecule is CNC(c1ccc2ncoc2c1)C1(C(=O)O)COC1. The molecule has 1 aliphatic heterocycles. The van der Waals surface area contributed by atoms with Crippen molar-refractivity contribution in [2.24, 2.45) is 5.41 Å². The molecule has 6 nitrogen and oxygen atoms in total. The molecule has 0 saturated carbocycles. The van der Waals surface area contributed by atoms with Gasteiger partial charge < -0.3 is 19.6 Å². The van der Waals surface area contributed by atoms with Crippen LogP contribution < -0.4 is 5.32 Å². The Morgan fingerprint density at radius 1 is 1.53 bits per heavy atom. The molecule has 1 atom stereocenters. The highest BCUT2D eigenvalue weighted by atomic mass is 16.5. The fourth-order valence-electron chi connectivity index (χ4n) is 2.55. The molecule has 2 N–H and O–H groups in total. The standard InChI is InChI=1S/C13H14N2O4/c1-14-11(13(12(16)17)5-18-6-13)8-2-3-9-10(4-8)19-7-15-9/h2-4,7,11,14H,5-6H2,1H3,(H,16,17). The van der Waals surface area contributed by atoms with Crippen LogP contribution >= 0.6 is 0 Å². The Bertz CT molecular complexity index is 618. The minimum absolute atomic E-state index is 0.211. The van der Waals surface area contributed by atoms with E-state index >= 15 is 0 Å².